The molecule has 8 heteroatoms. The van der Waals surface area contributed by atoms with Gasteiger partial charge in [-0.1, -0.05) is 38.1 Å². The van der Waals surface area contributed by atoms with Gasteiger partial charge in [0.1, 0.15) is 23.4 Å². The molecule has 1 aromatic heterocycles. The van der Waals surface area contributed by atoms with Gasteiger partial charge in [-0.3, -0.25) is 14.5 Å². The van der Waals surface area contributed by atoms with Gasteiger partial charge in [0.05, 0.1) is 0 Å². The van der Waals surface area contributed by atoms with Crippen molar-refractivity contribution in [1.82, 2.24) is 10.2 Å². The van der Waals surface area contributed by atoms with Crippen molar-refractivity contribution in [1.29, 1.82) is 0 Å². The van der Waals surface area contributed by atoms with Gasteiger partial charge in [0.2, 0.25) is 5.91 Å². The summed E-state index contributed by atoms with van der Waals surface area (Å²) in [5.74, 6) is 1.13. The zero-order chi connectivity index (χ0) is 25.7. The highest BCUT2D eigenvalue weighted by atomic mass is 35.5. The Kier molecular flexibility index (Phi) is 8.67. The van der Waals surface area contributed by atoms with Crippen LogP contribution < -0.4 is 15.0 Å². The van der Waals surface area contributed by atoms with Crippen LogP contribution in [0.25, 0.3) is 0 Å². The summed E-state index contributed by atoms with van der Waals surface area (Å²) in [5, 5.41) is 5.43. The lowest BCUT2D eigenvalue weighted by Gasteiger charge is -2.40. The minimum Gasteiger partial charge on any atom is -0.457 e. The maximum Gasteiger partial charge on any atom is 0.251 e. The zero-order valence-corrected chi connectivity index (χ0v) is 22.4. The van der Waals surface area contributed by atoms with E-state index < -0.39 is 6.04 Å². The fourth-order valence-electron chi connectivity index (χ4n) is 4.47. The number of nitrogens with one attached hydrogen (secondary N) is 1. The Morgan fingerprint density at radius 2 is 1.92 bits per heavy atom. The van der Waals surface area contributed by atoms with Gasteiger partial charge in [-0.15, -0.1) is 22.9 Å². The number of ether oxygens (including phenoxy) is 1. The fraction of sp³-hybridized carbons (Fsp3) is 0.357. The minimum atomic E-state index is -0.790. The number of carbonyl (C=O) groups excluding carboxylic acids is 2. The number of aryl methyl sites for hydroxylation is 1. The molecule has 0 bridgehead atoms. The van der Waals surface area contributed by atoms with Crippen LogP contribution >= 0.6 is 22.9 Å². The maximum atomic E-state index is 14.1. The van der Waals surface area contributed by atoms with Crippen molar-refractivity contribution >= 4 is 40.4 Å². The van der Waals surface area contributed by atoms with Crippen molar-refractivity contribution in [3.8, 4) is 11.5 Å². The molecule has 1 fully saturated rings. The van der Waals surface area contributed by atoms with E-state index in [9.17, 15) is 9.59 Å². The van der Waals surface area contributed by atoms with E-state index in [4.69, 9.17) is 16.3 Å². The van der Waals surface area contributed by atoms with E-state index in [0.29, 0.717) is 30.4 Å². The Bertz CT molecular complexity index is 1170. The number of carbonyl (C=O) groups is 2. The predicted molar refractivity (Wildman–Crippen MR) is 146 cm³/mol. The lowest BCUT2D eigenvalue weighted by atomic mass is 10.0. The highest BCUT2D eigenvalue weighted by Crippen LogP contribution is 2.36. The number of thiophene rings is 1. The molecule has 3 aromatic rings. The van der Waals surface area contributed by atoms with Crippen molar-refractivity contribution < 1.29 is 14.3 Å². The van der Waals surface area contributed by atoms with Gasteiger partial charge in [-0.25, -0.2) is 0 Å². The summed E-state index contributed by atoms with van der Waals surface area (Å²) in [6.07, 6.45) is 0. The van der Waals surface area contributed by atoms with Gasteiger partial charge in [-0.2, -0.15) is 0 Å². The highest BCUT2D eigenvalue weighted by molar-refractivity contribution is 7.10. The monoisotopic (exact) mass is 525 g/mol. The van der Waals surface area contributed by atoms with Crippen LogP contribution in [0.2, 0.25) is 0 Å². The molecule has 0 aliphatic carbocycles. The first-order valence-corrected chi connectivity index (χ1v) is 13.6. The number of piperazine rings is 1. The average molecular weight is 526 g/mol. The first-order chi connectivity index (χ1) is 17.4. The molecule has 190 valence electrons. The lowest BCUT2D eigenvalue weighted by molar-refractivity contribution is -0.135. The number of hydrogen-bond acceptors (Lipinski definition) is 5. The second-order valence-electron chi connectivity index (χ2n) is 9.27. The normalized spacial score (nSPS) is 16.6. The smallest absolute Gasteiger partial charge is 0.251 e. The van der Waals surface area contributed by atoms with Crippen LogP contribution in [0.1, 0.15) is 30.3 Å². The molecular formula is C28H32ClN3O3S. The van der Waals surface area contributed by atoms with E-state index in [0.717, 1.165) is 22.7 Å². The quantitative estimate of drug-likeness (QED) is 0.388. The first-order valence-electron chi connectivity index (χ1n) is 12.2. The van der Waals surface area contributed by atoms with E-state index in [1.807, 2.05) is 77.9 Å². The Morgan fingerprint density at radius 1 is 1.14 bits per heavy atom. The zero-order valence-electron chi connectivity index (χ0n) is 20.8. The summed E-state index contributed by atoms with van der Waals surface area (Å²) in [5.41, 5.74) is 1.46. The van der Waals surface area contributed by atoms with Crippen LogP contribution in [-0.2, 0) is 9.59 Å². The number of hydrogen-bond donors (Lipinski definition) is 1. The molecule has 1 aliphatic rings. The molecule has 0 radical (unpaired) electrons. The third kappa shape index (κ3) is 5.91. The molecule has 6 nitrogen and oxygen atoms in total. The number of benzene rings is 2. The molecule has 4 rings (SSSR count). The lowest BCUT2D eigenvalue weighted by Crippen LogP contribution is -2.57. The maximum absolute atomic E-state index is 14.1. The van der Waals surface area contributed by atoms with Gasteiger partial charge in [-0.05, 0) is 60.2 Å². The fourth-order valence-corrected chi connectivity index (χ4v) is 5.41. The predicted octanol–water partition coefficient (Wildman–Crippen LogP) is 5.62. The van der Waals surface area contributed by atoms with E-state index >= 15 is 0 Å². The van der Waals surface area contributed by atoms with E-state index in [1.54, 1.807) is 4.90 Å². The van der Waals surface area contributed by atoms with Crippen molar-refractivity contribution in [3.63, 3.8) is 0 Å². The summed E-state index contributed by atoms with van der Waals surface area (Å²) in [7, 11) is 0. The van der Waals surface area contributed by atoms with Gasteiger partial charge in [0.25, 0.3) is 5.91 Å². The molecule has 0 spiro atoms. The number of alkyl halides is 1. The third-order valence-corrected chi connectivity index (χ3v) is 7.57. The van der Waals surface area contributed by atoms with E-state index in [2.05, 4.69) is 19.2 Å². The summed E-state index contributed by atoms with van der Waals surface area (Å²) in [6.45, 7) is 8.12. The number of nitrogens with zero attached hydrogens (tertiary/aromatic N) is 2. The van der Waals surface area contributed by atoms with Gasteiger partial charge in [0.15, 0.2) is 0 Å². The molecule has 1 N–H and O–H groups in total. The number of halogens is 1. The molecule has 1 saturated heterocycles. The topological polar surface area (TPSA) is 61.9 Å². The molecule has 2 heterocycles. The van der Waals surface area contributed by atoms with Gasteiger partial charge in [0, 0.05) is 36.2 Å². The molecule has 1 aliphatic heterocycles. The van der Waals surface area contributed by atoms with Crippen molar-refractivity contribution in [2.75, 3.05) is 30.4 Å². The van der Waals surface area contributed by atoms with Crippen molar-refractivity contribution in [3.05, 3.63) is 76.5 Å². The standard InChI is InChI=1S/C28H32ClN3O3S/c1-19(2)23-18-31(14-13-30-23)28(34)27(25-10-7-15-36-25)32(26(33)17-29)24-12-11-22(16-20(24)3)35-21-8-5-4-6-9-21/h4-12,15-16,19,23,27,30H,13-14,17-18H2,1-3H3/t23?,27-/m0/s1. The molecule has 0 saturated carbocycles. The molecule has 2 aromatic carbocycles. The minimum absolute atomic E-state index is 0.0907. The summed E-state index contributed by atoms with van der Waals surface area (Å²) in [6, 6.07) is 18.3. The first kappa shape index (κ1) is 26.2. The van der Waals surface area contributed by atoms with Crippen LogP contribution in [0, 0.1) is 12.8 Å². The van der Waals surface area contributed by atoms with Crippen LogP contribution in [0.5, 0.6) is 11.5 Å². The molecule has 1 unspecified atom stereocenters. The highest BCUT2D eigenvalue weighted by Gasteiger charge is 2.38. The Balaban J connectivity index is 1.70. The summed E-state index contributed by atoms with van der Waals surface area (Å²) < 4.78 is 5.98. The molecule has 36 heavy (non-hydrogen) atoms. The van der Waals surface area contributed by atoms with E-state index in [-0.39, 0.29) is 23.7 Å². The Hall–Kier alpha value is -2.87. The van der Waals surface area contributed by atoms with Crippen molar-refractivity contribution in [2.24, 2.45) is 5.92 Å². The number of amides is 2. The Morgan fingerprint density at radius 3 is 2.56 bits per heavy atom. The van der Waals surface area contributed by atoms with E-state index in [1.165, 1.54) is 11.3 Å². The molecule has 2 amide bonds. The second-order valence-corrected chi connectivity index (χ2v) is 10.5. The van der Waals surface area contributed by atoms with Gasteiger partial charge >= 0.3 is 0 Å². The second kappa shape index (κ2) is 11.9. The Labute approximate surface area is 221 Å². The van der Waals surface area contributed by atoms with Crippen LogP contribution in [0.3, 0.4) is 0 Å². The largest absolute Gasteiger partial charge is 0.457 e. The number of para-hydroxylation sites is 1. The van der Waals surface area contributed by atoms with Crippen LogP contribution in [-0.4, -0.2) is 48.3 Å². The van der Waals surface area contributed by atoms with Gasteiger partial charge < -0.3 is 15.0 Å². The van der Waals surface area contributed by atoms with Crippen LogP contribution in [0.15, 0.2) is 66.0 Å². The molecular weight excluding hydrogens is 494 g/mol. The SMILES string of the molecule is Cc1cc(Oc2ccccc2)ccc1N(C(=O)CCl)[C@H](C(=O)N1CCNC(C(C)C)C1)c1cccs1. The van der Waals surface area contributed by atoms with Crippen LogP contribution in [0.4, 0.5) is 5.69 Å². The van der Waals surface area contributed by atoms with Crippen molar-refractivity contribution in [2.45, 2.75) is 32.9 Å². The molecule has 2 atom stereocenters. The summed E-state index contributed by atoms with van der Waals surface area (Å²) in [4.78, 5) is 31.6. The summed E-state index contributed by atoms with van der Waals surface area (Å²) >= 11 is 7.57. The number of anilines is 1. The average Bonchev–Trinajstić information content (AvgIpc) is 3.42. The number of rotatable bonds is 8. The third-order valence-electron chi connectivity index (χ3n) is 6.42.